The van der Waals surface area contributed by atoms with Crippen molar-refractivity contribution < 1.29 is 4.39 Å². The number of alkyl halides is 1. The summed E-state index contributed by atoms with van der Waals surface area (Å²) in [7, 11) is 0. The van der Waals surface area contributed by atoms with Gasteiger partial charge in [0.25, 0.3) is 0 Å². The van der Waals surface area contributed by atoms with Crippen molar-refractivity contribution in [2.75, 3.05) is 6.67 Å². The molecule has 0 aliphatic heterocycles. The highest BCUT2D eigenvalue weighted by Crippen LogP contribution is 2.22. The van der Waals surface area contributed by atoms with Gasteiger partial charge in [0, 0.05) is 5.41 Å². The van der Waals surface area contributed by atoms with Crippen LogP contribution in [0.15, 0.2) is 24.3 Å². The molecule has 1 aromatic rings. The second-order valence-corrected chi connectivity index (χ2v) is 3.29. The van der Waals surface area contributed by atoms with Crippen molar-refractivity contribution in [3.8, 4) is 0 Å². The number of rotatable bonds is 2. The molecule has 0 aromatic heterocycles. The maximum Gasteiger partial charge on any atom is 0.0985 e. The molecule has 0 atom stereocenters. The maximum atomic E-state index is 12.4. The van der Waals surface area contributed by atoms with E-state index in [1.165, 1.54) is 0 Å². The van der Waals surface area contributed by atoms with Crippen molar-refractivity contribution >= 4 is 0 Å². The van der Waals surface area contributed by atoms with E-state index in [4.69, 9.17) is 0 Å². The SMILES string of the molecule is CC(C)(CF)c1[c]cccc1. The van der Waals surface area contributed by atoms with E-state index in [9.17, 15) is 4.39 Å². The van der Waals surface area contributed by atoms with Gasteiger partial charge < -0.3 is 0 Å². The zero-order chi connectivity index (χ0) is 8.32. The van der Waals surface area contributed by atoms with E-state index in [-0.39, 0.29) is 12.1 Å². The van der Waals surface area contributed by atoms with E-state index in [1.807, 2.05) is 38.1 Å². The van der Waals surface area contributed by atoms with Crippen LogP contribution in [-0.4, -0.2) is 6.67 Å². The Hall–Kier alpha value is -0.850. The number of hydrogen-bond donors (Lipinski definition) is 0. The van der Waals surface area contributed by atoms with Gasteiger partial charge in [-0.15, -0.1) is 0 Å². The average Bonchev–Trinajstić information content (AvgIpc) is 2.06. The molecule has 0 heterocycles. The number of halogens is 1. The molecule has 1 radical (unpaired) electrons. The fourth-order valence-corrected chi connectivity index (χ4v) is 0.886. The third-order valence-corrected chi connectivity index (χ3v) is 1.77. The third kappa shape index (κ3) is 1.79. The lowest BCUT2D eigenvalue weighted by atomic mass is 9.86. The average molecular weight is 151 g/mol. The molecule has 0 aliphatic rings. The van der Waals surface area contributed by atoms with Gasteiger partial charge in [-0.05, 0) is 11.6 Å². The first-order valence-corrected chi connectivity index (χ1v) is 3.70. The fraction of sp³-hybridized carbons (Fsp3) is 0.400. The van der Waals surface area contributed by atoms with E-state index in [2.05, 4.69) is 6.07 Å². The van der Waals surface area contributed by atoms with Crippen LogP contribution < -0.4 is 0 Å². The van der Waals surface area contributed by atoms with Crippen molar-refractivity contribution in [2.24, 2.45) is 0 Å². The van der Waals surface area contributed by atoms with Gasteiger partial charge in [-0.1, -0.05) is 38.1 Å². The zero-order valence-electron chi connectivity index (χ0n) is 6.89. The molecule has 0 amide bonds. The third-order valence-electron chi connectivity index (χ3n) is 1.77. The van der Waals surface area contributed by atoms with E-state index in [1.54, 1.807) is 0 Å². The Morgan fingerprint density at radius 2 is 2.18 bits per heavy atom. The Morgan fingerprint density at radius 3 is 2.64 bits per heavy atom. The standard InChI is InChI=1S/C10H12F/c1-10(2,8-11)9-6-4-3-5-7-9/h3-6H,8H2,1-2H3. The first kappa shape index (κ1) is 8.25. The van der Waals surface area contributed by atoms with Crippen LogP contribution in [-0.2, 0) is 5.41 Å². The molecule has 0 nitrogen and oxygen atoms in total. The van der Waals surface area contributed by atoms with Crippen molar-refractivity contribution in [1.29, 1.82) is 0 Å². The molecule has 0 saturated heterocycles. The minimum Gasteiger partial charge on any atom is -0.250 e. The van der Waals surface area contributed by atoms with Gasteiger partial charge in [0.1, 0.15) is 0 Å². The van der Waals surface area contributed by atoms with Gasteiger partial charge in [0.2, 0.25) is 0 Å². The highest BCUT2D eigenvalue weighted by molar-refractivity contribution is 5.21. The van der Waals surface area contributed by atoms with Crippen LogP contribution in [0.2, 0.25) is 0 Å². The number of hydrogen-bond acceptors (Lipinski definition) is 0. The van der Waals surface area contributed by atoms with Crippen LogP contribution in [0.25, 0.3) is 0 Å². The Labute approximate surface area is 67.1 Å². The fourth-order valence-electron chi connectivity index (χ4n) is 0.886. The van der Waals surface area contributed by atoms with Crippen LogP contribution in [0.1, 0.15) is 19.4 Å². The Balaban J connectivity index is 2.93. The molecule has 0 unspecified atom stereocenters. The molecule has 0 bridgehead atoms. The van der Waals surface area contributed by atoms with E-state index in [0.717, 1.165) is 5.56 Å². The van der Waals surface area contributed by atoms with Crippen molar-refractivity contribution in [3.05, 3.63) is 35.9 Å². The van der Waals surface area contributed by atoms with Crippen molar-refractivity contribution in [2.45, 2.75) is 19.3 Å². The summed E-state index contributed by atoms with van der Waals surface area (Å²) in [5.74, 6) is 0. The van der Waals surface area contributed by atoms with Gasteiger partial charge in [-0.2, -0.15) is 0 Å². The second-order valence-electron chi connectivity index (χ2n) is 3.29. The molecular weight excluding hydrogens is 139 g/mol. The van der Waals surface area contributed by atoms with Gasteiger partial charge >= 0.3 is 0 Å². The number of benzene rings is 1. The minimum atomic E-state index is -0.388. The summed E-state index contributed by atoms with van der Waals surface area (Å²) in [6, 6.07) is 10.5. The van der Waals surface area contributed by atoms with Crippen LogP contribution in [0.4, 0.5) is 4.39 Å². The largest absolute Gasteiger partial charge is 0.250 e. The van der Waals surface area contributed by atoms with Crippen LogP contribution in [0.5, 0.6) is 0 Å². The highest BCUT2D eigenvalue weighted by atomic mass is 19.1. The molecule has 0 N–H and O–H groups in total. The first-order valence-electron chi connectivity index (χ1n) is 3.70. The summed E-state index contributed by atoms with van der Waals surface area (Å²) in [5.41, 5.74) is 0.545. The summed E-state index contributed by atoms with van der Waals surface area (Å²) < 4.78 is 12.4. The summed E-state index contributed by atoms with van der Waals surface area (Å²) in [6.07, 6.45) is 0. The molecular formula is C10H12F. The topological polar surface area (TPSA) is 0 Å². The lowest BCUT2D eigenvalue weighted by Crippen LogP contribution is -2.19. The van der Waals surface area contributed by atoms with Crippen molar-refractivity contribution in [1.82, 2.24) is 0 Å². The zero-order valence-corrected chi connectivity index (χ0v) is 6.89. The van der Waals surface area contributed by atoms with E-state index in [0.29, 0.717) is 0 Å². The van der Waals surface area contributed by atoms with Gasteiger partial charge in [0.15, 0.2) is 0 Å². The summed E-state index contributed by atoms with van der Waals surface area (Å²) in [5, 5.41) is 0. The maximum absolute atomic E-state index is 12.4. The van der Waals surface area contributed by atoms with E-state index >= 15 is 0 Å². The van der Waals surface area contributed by atoms with Gasteiger partial charge in [-0.3, -0.25) is 4.39 Å². The normalized spacial score (nSPS) is 11.5. The molecule has 59 valence electrons. The Bertz CT molecular complexity index is 214. The van der Waals surface area contributed by atoms with Crippen molar-refractivity contribution in [3.63, 3.8) is 0 Å². The summed E-state index contributed by atoms with van der Waals surface area (Å²) >= 11 is 0. The van der Waals surface area contributed by atoms with Crippen LogP contribution in [0.3, 0.4) is 0 Å². The summed E-state index contributed by atoms with van der Waals surface area (Å²) in [4.78, 5) is 0. The molecule has 0 spiro atoms. The molecule has 0 aliphatic carbocycles. The predicted molar refractivity (Wildman–Crippen MR) is 44.3 cm³/mol. The highest BCUT2D eigenvalue weighted by Gasteiger charge is 2.19. The Morgan fingerprint density at radius 1 is 1.45 bits per heavy atom. The van der Waals surface area contributed by atoms with E-state index < -0.39 is 0 Å². The van der Waals surface area contributed by atoms with Gasteiger partial charge in [0.05, 0.1) is 6.67 Å². The van der Waals surface area contributed by atoms with Gasteiger partial charge in [-0.25, -0.2) is 0 Å². The Kier molecular flexibility index (Phi) is 2.28. The lowest BCUT2D eigenvalue weighted by molar-refractivity contribution is 0.350. The summed E-state index contributed by atoms with van der Waals surface area (Å²) in [6.45, 7) is 3.41. The molecule has 0 fully saturated rings. The van der Waals surface area contributed by atoms with Crippen LogP contribution in [0, 0.1) is 6.07 Å². The van der Waals surface area contributed by atoms with Crippen LogP contribution >= 0.6 is 0 Å². The molecule has 0 saturated carbocycles. The lowest BCUT2D eigenvalue weighted by Gasteiger charge is -2.19. The molecule has 1 rings (SSSR count). The molecule has 1 aromatic carbocycles. The molecule has 1 heteroatoms. The second kappa shape index (κ2) is 3.04. The smallest absolute Gasteiger partial charge is 0.0985 e. The predicted octanol–water partition coefficient (Wildman–Crippen LogP) is 2.73. The first-order chi connectivity index (χ1) is 5.17. The quantitative estimate of drug-likeness (QED) is 0.609. The minimum absolute atomic E-state index is 0.340. The monoisotopic (exact) mass is 151 g/mol. The molecule has 11 heavy (non-hydrogen) atoms.